The average Bonchev–Trinajstić information content (AvgIpc) is 2.24. The van der Waals surface area contributed by atoms with Gasteiger partial charge in [0.1, 0.15) is 5.60 Å². The summed E-state index contributed by atoms with van der Waals surface area (Å²) in [6.45, 7) is 12.5. The largest absolute Gasteiger partial charge is 0.444 e. The van der Waals surface area contributed by atoms with E-state index in [1.54, 1.807) is 0 Å². The van der Waals surface area contributed by atoms with Gasteiger partial charge in [0.2, 0.25) is 0 Å². The van der Waals surface area contributed by atoms with Crippen LogP contribution in [0.3, 0.4) is 0 Å². The number of ether oxygens (including phenoxy) is 1. The van der Waals surface area contributed by atoms with Gasteiger partial charge in [0.05, 0.1) is 0 Å². The third-order valence-electron chi connectivity index (χ3n) is 2.70. The van der Waals surface area contributed by atoms with Gasteiger partial charge < -0.3 is 10.1 Å². The average molecular weight is 276 g/mol. The zero-order valence-corrected chi connectivity index (χ0v) is 13.5. The number of hydrogen-bond donors (Lipinski definition) is 1. The van der Waals surface area contributed by atoms with Gasteiger partial charge in [0.15, 0.2) is 0 Å². The Kier molecular flexibility index (Phi) is 5.61. The van der Waals surface area contributed by atoms with Gasteiger partial charge in [-0.15, -0.1) is 0 Å². The van der Waals surface area contributed by atoms with Crippen molar-refractivity contribution < 1.29 is 9.53 Å². The second-order valence-corrected chi connectivity index (χ2v) is 6.63. The summed E-state index contributed by atoms with van der Waals surface area (Å²) in [5.74, 6) is 0.575. The van der Waals surface area contributed by atoms with Gasteiger partial charge in [-0.05, 0) is 57.2 Å². The first-order chi connectivity index (χ1) is 9.17. The molecule has 0 fully saturated rings. The van der Waals surface area contributed by atoms with Crippen LogP contribution in [0.1, 0.15) is 51.3 Å². The van der Waals surface area contributed by atoms with E-state index in [4.69, 9.17) is 4.74 Å². The minimum Gasteiger partial charge on any atom is -0.444 e. The standard InChI is InChI=1S/C17H26NO2/c1-12(2)9-15-10-13(3)7-8-14(15)11-18-16(19)20-17(4,5)6/h7,10,12H,9,11H2,1-6H3,(H,18,19). The minimum absolute atomic E-state index is 0.387. The van der Waals surface area contributed by atoms with Gasteiger partial charge in [0.25, 0.3) is 0 Å². The molecular weight excluding hydrogens is 250 g/mol. The number of benzene rings is 1. The second kappa shape index (κ2) is 6.78. The topological polar surface area (TPSA) is 38.3 Å². The Morgan fingerprint density at radius 1 is 1.40 bits per heavy atom. The summed E-state index contributed by atoms with van der Waals surface area (Å²) >= 11 is 0. The van der Waals surface area contributed by atoms with Crippen molar-refractivity contribution in [3.8, 4) is 0 Å². The molecule has 111 valence electrons. The van der Waals surface area contributed by atoms with Crippen molar-refractivity contribution in [2.24, 2.45) is 5.92 Å². The summed E-state index contributed by atoms with van der Waals surface area (Å²) in [6, 6.07) is 7.38. The van der Waals surface area contributed by atoms with Crippen molar-refractivity contribution in [1.29, 1.82) is 0 Å². The highest BCUT2D eigenvalue weighted by Crippen LogP contribution is 2.16. The van der Waals surface area contributed by atoms with Crippen LogP contribution in [0, 0.1) is 18.9 Å². The van der Waals surface area contributed by atoms with E-state index in [9.17, 15) is 4.79 Å². The highest BCUT2D eigenvalue weighted by Gasteiger charge is 2.16. The number of amides is 1. The van der Waals surface area contributed by atoms with Crippen molar-refractivity contribution in [3.63, 3.8) is 0 Å². The normalized spacial score (nSPS) is 11.6. The summed E-state index contributed by atoms with van der Waals surface area (Å²) in [7, 11) is 0. The number of carbonyl (C=O) groups is 1. The van der Waals surface area contributed by atoms with Gasteiger partial charge >= 0.3 is 6.09 Å². The molecule has 0 heterocycles. The summed E-state index contributed by atoms with van der Waals surface area (Å²) in [5, 5.41) is 2.80. The molecule has 1 aromatic rings. The molecule has 0 spiro atoms. The first kappa shape index (κ1) is 16.5. The molecule has 20 heavy (non-hydrogen) atoms. The molecule has 1 radical (unpaired) electrons. The van der Waals surface area contributed by atoms with Crippen LogP contribution in [0.15, 0.2) is 12.1 Å². The monoisotopic (exact) mass is 276 g/mol. The van der Waals surface area contributed by atoms with Gasteiger partial charge in [-0.1, -0.05) is 31.5 Å². The Balaban J connectivity index is 2.70. The number of aryl methyl sites for hydroxylation is 1. The maximum Gasteiger partial charge on any atom is 0.407 e. The van der Waals surface area contributed by atoms with Crippen molar-refractivity contribution in [3.05, 3.63) is 34.9 Å². The predicted octanol–water partition coefficient (Wildman–Crippen LogP) is 4.02. The van der Waals surface area contributed by atoms with Crippen molar-refractivity contribution in [2.45, 2.75) is 60.1 Å². The molecule has 0 aliphatic carbocycles. The van der Waals surface area contributed by atoms with E-state index in [0.29, 0.717) is 12.5 Å². The van der Waals surface area contributed by atoms with Crippen LogP contribution in [0.2, 0.25) is 0 Å². The van der Waals surface area contributed by atoms with E-state index in [1.807, 2.05) is 26.8 Å². The Hall–Kier alpha value is -1.51. The van der Waals surface area contributed by atoms with Crippen molar-refractivity contribution in [2.75, 3.05) is 0 Å². The molecule has 0 saturated carbocycles. The van der Waals surface area contributed by atoms with E-state index in [-0.39, 0.29) is 6.09 Å². The highest BCUT2D eigenvalue weighted by molar-refractivity contribution is 5.67. The fraction of sp³-hybridized carbons (Fsp3) is 0.588. The number of carbonyl (C=O) groups excluding carboxylic acids is 1. The van der Waals surface area contributed by atoms with Gasteiger partial charge in [-0.2, -0.15) is 0 Å². The Labute approximate surface area is 122 Å². The molecule has 0 aromatic heterocycles. The lowest BCUT2D eigenvalue weighted by atomic mass is 9.96. The molecule has 3 heteroatoms. The van der Waals surface area contributed by atoms with Crippen molar-refractivity contribution in [1.82, 2.24) is 5.32 Å². The first-order valence-corrected chi connectivity index (χ1v) is 7.14. The summed E-state index contributed by atoms with van der Waals surface area (Å²) < 4.78 is 5.24. The van der Waals surface area contributed by atoms with Gasteiger partial charge in [0, 0.05) is 6.54 Å². The third-order valence-corrected chi connectivity index (χ3v) is 2.70. The fourth-order valence-electron chi connectivity index (χ4n) is 1.96. The SMILES string of the molecule is Cc1c[c]c(CNC(=O)OC(C)(C)C)c(CC(C)C)c1. The quantitative estimate of drug-likeness (QED) is 0.902. The molecule has 1 rings (SSSR count). The zero-order valence-electron chi connectivity index (χ0n) is 13.5. The second-order valence-electron chi connectivity index (χ2n) is 6.63. The smallest absolute Gasteiger partial charge is 0.407 e. The van der Waals surface area contributed by atoms with Gasteiger partial charge in [-0.3, -0.25) is 0 Å². The Morgan fingerprint density at radius 2 is 2.05 bits per heavy atom. The van der Waals surface area contributed by atoms with E-state index >= 15 is 0 Å². The maximum absolute atomic E-state index is 11.7. The molecule has 1 N–H and O–H groups in total. The lowest BCUT2D eigenvalue weighted by molar-refractivity contribution is 0.0523. The lowest BCUT2D eigenvalue weighted by Crippen LogP contribution is -2.32. The predicted molar refractivity (Wildman–Crippen MR) is 81.6 cm³/mol. The molecule has 0 aliphatic rings. The molecule has 0 atom stereocenters. The van der Waals surface area contributed by atoms with Crippen LogP contribution >= 0.6 is 0 Å². The molecule has 1 amide bonds. The molecular formula is C17H26NO2. The summed E-state index contributed by atoms with van der Waals surface area (Å²) in [5.41, 5.74) is 3.01. The van der Waals surface area contributed by atoms with E-state index in [2.05, 4.69) is 38.2 Å². The molecule has 0 unspecified atom stereocenters. The molecule has 3 nitrogen and oxygen atoms in total. The van der Waals surface area contributed by atoms with Gasteiger partial charge in [-0.25, -0.2) is 4.79 Å². The van der Waals surface area contributed by atoms with Crippen molar-refractivity contribution >= 4 is 6.09 Å². The third kappa shape index (κ3) is 6.09. The maximum atomic E-state index is 11.7. The van der Waals surface area contributed by atoms with Crippen LogP contribution < -0.4 is 5.32 Å². The van der Waals surface area contributed by atoms with Crippen LogP contribution in [-0.2, 0) is 17.7 Å². The number of alkyl carbamates (subject to hydrolysis) is 1. The zero-order chi connectivity index (χ0) is 15.3. The van der Waals surface area contributed by atoms with Crippen LogP contribution in [0.5, 0.6) is 0 Å². The number of hydrogen-bond acceptors (Lipinski definition) is 2. The highest BCUT2D eigenvalue weighted by atomic mass is 16.6. The molecule has 0 saturated heterocycles. The van der Waals surface area contributed by atoms with Crippen LogP contribution in [0.4, 0.5) is 4.79 Å². The lowest BCUT2D eigenvalue weighted by Gasteiger charge is -2.20. The Morgan fingerprint density at radius 3 is 2.60 bits per heavy atom. The van der Waals surface area contributed by atoms with E-state index < -0.39 is 5.60 Å². The fourth-order valence-corrected chi connectivity index (χ4v) is 1.96. The first-order valence-electron chi connectivity index (χ1n) is 7.14. The van der Waals surface area contributed by atoms with E-state index in [1.165, 1.54) is 11.1 Å². The van der Waals surface area contributed by atoms with E-state index in [0.717, 1.165) is 12.0 Å². The number of nitrogens with one attached hydrogen (secondary N) is 1. The molecule has 1 aromatic carbocycles. The van der Waals surface area contributed by atoms with Crippen LogP contribution in [0.25, 0.3) is 0 Å². The summed E-state index contributed by atoms with van der Waals surface area (Å²) in [4.78, 5) is 11.7. The molecule has 0 aliphatic heterocycles. The molecule has 0 bridgehead atoms. The number of rotatable bonds is 4. The van der Waals surface area contributed by atoms with Crippen LogP contribution in [-0.4, -0.2) is 11.7 Å². The Bertz CT molecular complexity index is 459. The minimum atomic E-state index is -0.470. The summed E-state index contributed by atoms with van der Waals surface area (Å²) in [6.07, 6.45) is 0.603.